The van der Waals surface area contributed by atoms with E-state index in [1.807, 2.05) is 0 Å². The summed E-state index contributed by atoms with van der Waals surface area (Å²) in [6.07, 6.45) is -19.1. The highest BCUT2D eigenvalue weighted by molar-refractivity contribution is 6.07. The topological polar surface area (TPSA) is 34.1 Å². The van der Waals surface area contributed by atoms with Crippen LogP contribution in [-0.2, 0) is 9.59 Å². The van der Waals surface area contributed by atoms with Crippen LogP contribution in [0.2, 0.25) is 0 Å². The van der Waals surface area contributed by atoms with Gasteiger partial charge in [-0.3, -0.25) is 9.59 Å². The second-order valence-electron chi connectivity index (χ2n) is 4.04. The summed E-state index contributed by atoms with van der Waals surface area (Å²) in [5.41, 5.74) is -7.68. The van der Waals surface area contributed by atoms with Crippen molar-refractivity contribution in [1.82, 2.24) is 0 Å². The second kappa shape index (κ2) is 6.12. The van der Waals surface area contributed by atoms with Gasteiger partial charge in [-0.1, -0.05) is 0 Å². The lowest BCUT2D eigenvalue weighted by molar-refractivity contribution is -0.310. The number of allylic oxidation sites excluding steroid dienone is 1. The molecule has 2 nitrogen and oxygen atoms in total. The minimum absolute atomic E-state index is 4.08. The lowest BCUT2D eigenvalue weighted by Crippen LogP contribution is -2.69. The van der Waals surface area contributed by atoms with Gasteiger partial charge < -0.3 is 0 Å². The van der Waals surface area contributed by atoms with Crippen molar-refractivity contribution in [1.29, 1.82) is 0 Å². The Kier molecular flexibility index (Phi) is 5.65. The van der Waals surface area contributed by atoms with E-state index in [9.17, 15) is 71.1 Å². The maximum Gasteiger partial charge on any atom is 0.461 e. The summed E-state index contributed by atoms with van der Waals surface area (Å²) in [6, 6.07) is 0. The Morgan fingerprint density at radius 2 is 0.920 bits per heavy atom. The molecule has 0 aromatic rings. The predicted molar refractivity (Wildman–Crippen MR) is 46.2 cm³/mol. The van der Waals surface area contributed by atoms with Gasteiger partial charge in [0.15, 0.2) is 0 Å². The van der Waals surface area contributed by atoms with Crippen LogP contribution in [0, 0.1) is 0 Å². The normalized spacial score (nSPS) is 16.2. The fraction of sp³-hybridized carbons (Fsp3) is 0.556. The summed E-state index contributed by atoms with van der Waals surface area (Å²) in [6.45, 7) is 0. The molecule has 0 aliphatic heterocycles. The first-order chi connectivity index (χ1) is 10.7. The van der Waals surface area contributed by atoms with E-state index in [1.54, 1.807) is 0 Å². The van der Waals surface area contributed by atoms with E-state index in [1.165, 1.54) is 0 Å². The highest BCUT2D eigenvalue weighted by Gasteiger charge is 2.85. The predicted octanol–water partition coefficient (Wildman–Crippen LogP) is 4.31. The molecule has 0 aliphatic rings. The summed E-state index contributed by atoms with van der Waals surface area (Å²) in [4.78, 5) is 21.1. The molecule has 25 heavy (non-hydrogen) atoms. The molecular weight excluding hydrogens is 406 g/mol. The maximum absolute atomic E-state index is 13.5. The first kappa shape index (κ1) is 23.1. The third kappa shape index (κ3) is 3.42. The summed E-state index contributed by atoms with van der Waals surface area (Å²) < 4.78 is 173. The van der Waals surface area contributed by atoms with Crippen LogP contribution in [0.25, 0.3) is 0 Å². The Balaban J connectivity index is 6.71. The third-order valence-electron chi connectivity index (χ3n) is 2.43. The van der Waals surface area contributed by atoms with E-state index < -0.39 is 53.3 Å². The molecule has 0 aromatic carbocycles. The van der Waals surface area contributed by atoms with Gasteiger partial charge in [-0.15, -0.1) is 0 Å². The van der Waals surface area contributed by atoms with E-state index in [-0.39, 0.29) is 0 Å². The van der Waals surface area contributed by atoms with Crippen LogP contribution >= 0.6 is 0 Å². The largest absolute Gasteiger partial charge is 0.461 e. The molecule has 0 rings (SSSR count). The smallest absolute Gasteiger partial charge is 0.288 e. The maximum atomic E-state index is 13.5. The first-order valence-electron chi connectivity index (χ1n) is 5.05. The number of rotatable bonds is 5. The van der Waals surface area contributed by atoms with Gasteiger partial charge in [0, 0.05) is 0 Å². The minimum atomic E-state index is -7.68. The van der Waals surface area contributed by atoms with Crippen LogP contribution in [0.1, 0.15) is 0 Å². The monoisotopic (exact) mass is 406 g/mol. The molecule has 0 bridgehead atoms. The zero-order chi connectivity index (χ0) is 20.8. The van der Waals surface area contributed by atoms with Gasteiger partial charge >= 0.3 is 35.9 Å². The first-order valence-corrected chi connectivity index (χ1v) is 5.05. The molecule has 1 unspecified atom stereocenters. The molecule has 0 saturated carbocycles. The Hall–Kier alpha value is -1.90. The van der Waals surface area contributed by atoms with Crippen molar-refractivity contribution in [2.75, 3.05) is 0 Å². The van der Waals surface area contributed by atoms with Crippen molar-refractivity contribution in [2.24, 2.45) is 0 Å². The summed E-state index contributed by atoms with van der Waals surface area (Å²) in [7, 11) is 0. The Labute approximate surface area is 126 Å². The van der Waals surface area contributed by atoms with Gasteiger partial charge in [-0.05, 0) is 0 Å². The van der Waals surface area contributed by atoms with Crippen molar-refractivity contribution >= 4 is 11.6 Å². The average Bonchev–Trinajstić information content (AvgIpc) is 2.40. The molecule has 0 radical (unpaired) electrons. The number of hydrogen-bond acceptors (Lipinski definition) is 2. The van der Waals surface area contributed by atoms with Gasteiger partial charge in [-0.25, -0.2) is 4.39 Å². The van der Waals surface area contributed by atoms with Crippen molar-refractivity contribution in [3.8, 4) is 0 Å². The second-order valence-corrected chi connectivity index (χ2v) is 4.04. The molecule has 0 spiro atoms. The van der Waals surface area contributed by atoms with E-state index >= 15 is 0 Å². The summed E-state index contributed by atoms with van der Waals surface area (Å²) in [5.74, 6) is -28.7. The van der Waals surface area contributed by atoms with Crippen molar-refractivity contribution in [3.63, 3.8) is 0 Å². The van der Waals surface area contributed by atoms with Crippen molar-refractivity contribution in [2.45, 2.75) is 29.9 Å². The molecule has 0 aliphatic carbocycles. The van der Waals surface area contributed by atoms with Crippen LogP contribution in [0.5, 0.6) is 0 Å². The number of carbonyl (C=O) groups excluding carboxylic acids is 2. The summed E-state index contributed by atoms with van der Waals surface area (Å²) >= 11 is 0. The lowest BCUT2D eigenvalue weighted by Gasteiger charge is -2.34. The van der Waals surface area contributed by atoms with E-state index in [0.29, 0.717) is 0 Å². The van der Waals surface area contributed by atoms with Gasteiger partial charge in [-0.2, -0.15) is 57.1 Å². The highest BCUT2D eigenvalue weighted by Crippen LogP contribution is 2.52. The number of alkyl halides is 11. The molecular formula is C9F14O2. The van der Waals surface area contributed by atoms with Gasteiger partial charge in [0.05, 0.1) is 0 Å². The SMILES string of the molecule is O=C(C(F)=C(F)F)C(F)(F)C(F)(C(=O)C(F)(F)C(F)(F)F)C(F)(F)F. The fourth-order valence-corrected chi connectivity index (χ4v) is 1.17. The molecule has 146 valence electrons. The third-order valence-corrected chi connectivity index (χ3v) is 2.43. The molecule has 0 amide bonds. The molecule has 16 heteroatoms. The Bertz CT molecular complexity index is 592. The van der Waals surface area contributed by atoms with E-state index in [2.05, 4.69) is 0 Å². The number of Topliss-reactive ketones (excluding diaryl/α,β-unsaturated/α-hetero) is 2. The molecule has 0 fully saturated rings. The minimum Gasteiger partial charge on any atom is -0.288 e. The molecule has 0 N–H and O–H groups in total. The van der Waals surface area contributed by atoms with Gasteiger partial charge in [0.2, 0.25) is 5.83 Å². The van der Waals surface area contributed by atoms with Crippen LogP contribution in [-0.4, -0.2) is 41.4 Å². The number of hydrogen-bond donors (Lipinski definition) is 0. The Morgan fingerprint density at radius 3 is 1.16 bits per heavy atom. The highest BCUT2D eigenvalue weighted by atomic mass is 19.4. The zero-order valence-electron chi connectivity index (χ0n) is 10.6. The van der Waals surface area contributed by atoms with Gasteiger partial charge in [0.25, 0.3) is 11.6 Å². The van der Waals surface area contributed by atoms with Crippen LogP contribution in [0.15, 0.2) is 11.9 Å². The van der Waals surface area contributed by atoms with Crippen LogP contribution < -0.4 is 0 Å². The zero-order valence-corrected chi connectivity index (χ0v) is 10.6. The summed E-state index contributed by atoms with van der Waals surface area (Å²) in [5, 5.41) is 0. The lowest BCUT2D eigenvalue weighted by atomic mass is 9.85. The number of ketones is 2. The quantitative estimate of drug-likeness (QED) is 0.504. The molecule has 0 saturated heterocycles. The Morgan fingerprint density at radius 1 is 0.560 bits per heavy atom. The van der Waals surface area contributed by atoms with Crippen molar-refractivity contribution < 1.29 is 71.1 Å². The van der Waals surface area contributed by atoms with E-state index in [4.69, 9.17) is 0 Å². The molecule has 0 aromatic heterocycles. The standard InChI is InChI=1S/C9F14O2/c10-1(3(11)12)2(24)6(14,15)5(13,8(18,19)20)4(25)7(16,17)9(21,22)23. The van der Waals surface area contributed by atoms with Crippen LogP contribution in [0.4, 0.5) is 61.5 Å². The molecule has 0 heterocycles. The number of halogens is 14. The van der Waals surface area contributed by atoms with E-state index in [0.717, 1.165) is 0 Å². The van der Waals surface area contributed by atoms with Gasteiger partial charge in [0.1, 0.15) is 0 Å². The molecule has 1 atom stereocenters. The number of carbonyl (C=O) groups is 2. The van der Waals surface area contributed by atoms with Crippen molar-refractivity contribution in [3.05, 3.63) is 11.9 Å². The van der Waals surface area contributed by atoms with Crippen LogP contribution in [0.3, 0.4) is 0 Å². The average molecular weight is 406 g/mol. The fourth-order valence-electron chi connectivity index (χ4n) is 1.17.